The maximum Gasteiger partial charge on any atom is 0.243 e. The van der Waals surface area contributed by atoms with E-state index < -0.39 is 18.2 Å². The van der Waals surface area contributed by atoms with Gasteiger partial charge in [-0.05, 0) is 18.1 Å². The van der Waals surface area contributed by atoms with Crippen LogP contribution in [0.25, 0.3) is 10.4 Å². The molecule has 1 aromatic heterocycles. The fourth-order valence-corrected chi connectivity index (χ4v) is 4.70. The third kappa shape index (κ3) is 5.42. The van der Waals surface area contributed by atoms with Gasteiger partial charge < -0.3 is 25.4 Å². The summed E-state index contributed by atoms with van der Waals surface area (Å²) in [6, 6.07) is 6.85. The van der Waals surface area contributed by atoms with Crippen molar-refractivity contribution in [1.82, 2.24) is 20.5 Å². The predicted molar refractivity (Wildman–Crippen MR) is 120 cm³/mol. The number of β-amino-alcohol motifs (C(OH)–C–C–N with tert-alkyl or cyclic N) is 1. The van der Waals surface area contributed by atoms with Crippen LogP contribution in [0.15, 0.2) is 29.8 Å². The van der Waals surface area contributed by atoms with E-state index in [0.29, 0.717) is 19.7 Å². The van der Waals surface area contributed by atoms with Crippen LogP contribution >= 0.6 is 23.7 Å². The van der Waals surface area contributed by atoms with E-state index in [1.165, 1.54) is 4.90 Å². The second kappa shape index (κ2) is 10.5. The first-order valence-electron chi connectivity index (χ1n) is 10.1. The standard InChI is InChI=1S/C21H26N4O4S.ClH/c1-13-19(30-12-24-13)15-4-2-14(3-5-15)9-23-20(27)18-8-16(26)10-25(18)21(28)17-11-29-7-6-22-17;/h2-5,12,16-18,22,26H,6-11H2,1H3,(H,23,27);1H/t16-,17+,18+;/m1./s1. The predicted octanol–water partition coefficient (Wildman–Crippen LogP) is 1.11. The first-order chi connectivity index (χ1) is 14.5. The van der Waals surface area contributed by atoms with Gasteiger partial charge in [0.05, 0.1) is 35.4 Å². The van der Waals surface area contributed by atoms with Crippen molar-refractivity contribution < 1.29 is 19.4 Å². The van der Waals surface area contributed by atoms with E-state index in [2.05, 4.69) is 15.6 Å². The molecule has 0 radical (unpaired) electrons. The minimum atomic E-state index is -0.698. The number of ether oxygens (including phenoxy) is 1. The molecule has 3 atom stereocenters. The molecule has 2 amide bonds. The van der Waals surface area contributed by atoms with Crippen molar-refractivity contribution in [3.63, 3.8) is 0 Å². The van der Waals surface area contributed by atoms with Crippen molar-refractivity contribution in [3.8, 4) is 10.4 Å². The normalized spacial score (nSPS) is 23.3. The number of carbonyl (C=O) groups excluding carboxylic acids is 2. The number of amides is 2. The van der Waals surface area contributed by atoms with E-state index >= 15 is 0 Å². The van der Waals surface area contributed by atoms with Gasteiger partial charge in [0.2, 0.25) is 11.8 Å². The average molecular weight is 467 g/mol. The molecule has 0 unspecified atom stereocenters. The molecule has 0 spiro atoms. The van der Waals surface area contributed by atoms with Crippen LogP contribution in [0.5, 0.6) is 0 Å². The van der Waals surface area contributed by atoms with Crippen LogP contribution in [0, 0.1) is 6.92 Å². The number of aliphatic hydroxyl groups is 1. The van der Waals surface area contributed by atoms with Crippen molar-refractivity contribution >= 4 is 35.6 Å². The van der Waals surface area contributed by atoms with Crippen LogP contribution in [0.2, 0.25) is 0 Å². The quantitative estimate of drug-likeness (QED) is 0.609. The summed E-state index contributed by atoms with van der Waals surface area (Å²) < 4.78 is 5.36. The number of aromatic nitrogens is 1. The van der Waals surface area contributed by atoms with Gasteiger partial charge in [0.25, 0.3) is 0 Å². The SMILES string of the molecule is Cc1ncsc1-c1ccc(CNC(=O)[C@@H]2C[C@@H](O)CN2C(=O)[C@@H]2COCCN2)cc1.Cl. The Balaban J connectivity index is 0.00000272. The Kier molecular flexibility index (Phi) is 8.01. The number of thiazole rings is 1. The number of hydrogen-bond acceptors (Lipinski definition) is 7. The molecule has 3 heterocycles. The molecule has 0 aliphatic carbocycles. The molecule has 168 valence electrons. The number of aryl methyl sites for hydroxylation is 1. The topological polar surface area (TPSA) is 104 Å². The second-order valence-electron chi connectivity index (χ2n) is 7.66. The molecule has 4 rings (SSSR count). The maximum absolute atomic E-state index is 12.8. The Morgan fingerprint density at radius 1 is 1.35 bits per heavy atom. The Bertz CT molecular complexity index is 901. The molecule has 8 nitrogen and oxygen atoms in total. The summed E-state index contributed by atoms with van der Waals surface area (Å²) in [6.45, 7) is 3.96. The minimum Gasteiger partial charge on any atom is -0.391 e. The fraction of sp³-hybridized carbons (Fsp3) is 0.476. The Hall–Kier alpha value is -2.04. The smallest absolute Gasteiger partial charge is 0.243 e. The largest absolute Gasteiger partial charge is 0.391 e. The van der Waals surface area contributed by atoms with Crippen LogP contribution in [0.1, 0.15) is 17.7 Å². The van der Waals surface area contributed by atoms with Crippen molar-refractivity contribution in [2.24, 2.45) is 0 Å². The molecule has 2 aliphatic rings. The summed E-state index contributed by atoms with van der Waals surface area (Å²) >= 11 is 1.60. The number of carbonyl (C=O) groups is 2. The highest BCUT2D eigenvalue weighted by Crippen LogP contribution is 2.27. The summed E-state index contributed by atoms with van der Waals surface area (Å²) in [4.78, 5) is 32.5. The van der Waals surface area contributed by atoms with Gasteiger partial charge in [0, 0.05) is 26.1 Å². The van der Waals surface area contributed by atoms with Crippen molar-refractivity contribution in [3.05, 3.63) is 41.0 Å². The molecule has 0 saturated carbocycles. The van der Waals surface area contributed by atoms with Crippen molar-refractivity contribution in [2.75, 3.05) is 26.3 Å². The van der Waals surface area contributed by atoms with E-state index in [4.69, 9.17) is 4.74 Å². The van der Waals surface area contributed by atoms with Gasteiger partial charge in [-0.25, -0.2) is 4.98 Å². The number of benzene rings is 1. The number of aliphatic hydroxyl groups excluding tert-OH is 1. The summed E-state index contributed by atoms with van der Waals surface area (Å²) in [5.41, 5.74) is 4.90. The van der Waals surface area contributed by atoms with E-state index in [9.17, 15) is 14.7 Å². The monoisotopic (exact) mass is 466 g/mol. The third-order valence-corrected chi connectivity index (χ3v) is 6.49. The van der Waals surface area contributed by atoms with Gasteiger partial charge in [-0.1, -0.05) is 24.3 Å². The number of morpholine rings is 1. The van der Waals surface area contributed by atoms with Gasteiger partial charge in [-0.2, -0.15) is 0 Å². The third-order valence-electron chi connectivity index (χ3n) is 5.51. The Morgan fingerprint density at radius 3 is 2.77 bits per heavy atom. The molecule has 10 heteroatoms. The number of hydrogen-bond donors (Lipinski definition) is 3. The van der Waals surface area contributed by atoms with E-state index in [-0.39, 0.29) is 43.8 Å². The van der Waals surface area contributed by atoms with E-state index in [1.54, 1.807) is 11.3 Å². The average Bonchev–Trinajstić information content (AvgIpc) is 3.38. The summed E-state index contributed by atoms with van der Waals surface area (Å²) in [5, 5.41) is 16.1. The molecule has 3 N–H and O–H groups in total. The van der Waals surface area contributed by atoms with Crippen LogP contribution < -0.4 is 10.6 Å². The summed E-state index contributed by atoms with van der Waals surface area (Å²) in [5.74, 6) is -0.449. The number of likely N-dealkylation sites (tertiary alicyclic amines) is 1. The van der Waals surface area contributed by atoms with Crippen LogP contribution in [0.3, 0.4) is 0 Å². The first kappa shape index (κ1) is 23.6. The molecular formula is C21H27ClN4O4S. The zero-order valence-corrected chi connectivity index (χ0v) is 18.9. The Morgan fingerprint density at radius 2 is 2.13 bits per heavy atom. The molecule has 2 aliphatic heterocycles. The molecule has 1 aromatic carbocycles. The van der Waals surface area contributed by atoms with Gasteiger partial charge in [-0.15, -0.1) is 23.7 Å². The first-order valence-corrected chi connectivity index (χ1v) is 11.0. The number of halogens is 1. The lowest BCUT2D eigenvalue weighted by Crippen LogP contribution is -2.56. The van der Waals surface area contributed by atoms with Crippen LogP contribution in [0.4, 0.5) is 0 Å². The summed E-state index contributed by atoms with van der Waals surface area (Å²) in [7, 11) is 0. The highest BCUT2D eigenvalue weighted by atomic mass is 35.5. The van der Waals surface area contributed by atoms with E-state index in [1.807, 2.05) is 36.7 Å². The van der Waals surface area contributed by atoms with Gasteiger partial charge in [0.15, 0.2) is 0 Å². The minimum absolute atomic E-state index is 0. The lowest BCUT2D eigenvalue weighted by atomic mass is 10.1. The van der Waals surface area contributed by atoms with Crippen molar-refractivity contribution in [2.45, 2.75) is 38.1 Å². The van der Waals surface area contributed by atoms with E-state index in [0.717, 1.165) is 21.7 Å². The number of nitrogens with zero attached hydrogens (tertiary/aromatic N) is 2. The molecule has 31 heavy (non-hydrogen) atoms. The zero-order chi connectivity index (χ0) is 21.1. The highest BCUT2D eigenvalue weighted by molar-refractivity contribution is 7.13. The lowest BCUT2D eigenvalue weighted by molar-refractivity contribution is -0.142. The van der Waals surface area contributed by atoms with Gasteiger partial charge in [0.1, 0.15) is 12.1 Å². The molecule has 0 bridgehead atoms. The van der Waals surface area contributed by atoms with Gasteiger partial charge >= 0.3 is 0 Å². The molecule has 2 saturated heterocycles. The number of rotatable bonds is 5. The molecule has 2 aromatic rings. The maximum atomic E-state index is 12.8. The zero-order valence-electron chi connectivity index (χ0n) is 17.2. The van der Waals surface area contributed by atoms with Crippen LogP contribution in [-0.4, -0.2) is 71.3 Å². The number of nitrogens with one attached hydrogen (secondary N) is 2. The fourth-order valence-electron chi connectivity index (χ4n) is 3.89. The Labute approximate surface area is 191 Å². The molecule has 2 fully saturated rings. The summed E-state index contributed by atoms with van der Waals surface area (Å²) in [6.07, 6.45) is -0.453. The highest BCUT2D eigenvalue weighted by Gasteiger charge is 2.41. The lowest BCUT2D eigenvalue weighted by Gasteiger charge is -2.30. The molecular weight excluding hydrogens is 440 g/mol. The van der Waals surface area contributed by atoms with Crippen LogP contribution in [-0.2, 0) is 20.9 Å². The second-order valence-corrected chi connectivity index (χ2v) is 8.51. The van der Waals surface area contributed by atoms with Crippen molar-refractivity contribution in [1.29, 1.82) is 0 Å². The van der Waals surface area contributed by atoms with Gasteiger partial charge in [-0.3, -0.25) is 9.59 Å².